The van der Waals surface area contributed by atoms with E-state index >= 15 is 0 Å². The SMILES string of the molecule is O=c1c2ccccc2nc(C2CCCCC2)n1N=Cc1cc(Br)c(Br)o1. The molecule has 5 nitrogen and oxygen atoms in total. The molecule has 1 fully saturated rings. The van der Waals surface area contributed by atoms with E-state index in [1.165, 1.54) is 11.1 Å². The minimum absolute atomic E-state index is 0.142. The van der Waals surface area contributed by atoms with Gasteiger partial charge in [0, 0.05) is 12.0 Å². The molecule has 1 aliphatic rings. The fourth-order valence-electron chi connectivity index (χ4n) is 3.42. The summed E-state index contributed by atoms with van der Waals surface area (Å²) in [7, 11) is 0. The maximum Gasteiger partial charge on any atom is 0.282 e. The van der Waals surface area contributed by atoms with E-state index in [1.54, 1.807) is 18.3 Å². The molecule has 1 saturated carbocycles. The topological polar surface area (TPSA) is 60.4 Å². The molecular formula is C19H17Br2N3O2. The number of fused-ring (bicyclic) bond motifs is 1. The number of aromatic nitrogens is 2. The zero-order valence-electron chi connectivity index (χ0n) is 14.0. The van der Waals surface area contributed by atoms with Crippen molar-refractivity contribution >= 4 is 49.0 Å². The molecule has 0 N–H and O–H groups in total. The second-order valence-corrected chi connectivity index (χ2v) is 8.03. The summed E-state index contributed by atoms with van der Waals surface area (Å²) in [6.07, 6.45) is 7.20. The van der Waals surface area contributed by atoms with Gasteiger partial charge in [-0.15, -0.1) is 0 Å². The molecule has 26 heavy (non-hydrogen) atoms. The lowest BCUT2D eigenvalue weighted by Gasteiger charge is -2.22. The number of benzene rings is 1. The van der Waals surface area contributed by atoms with Crippen LogP contribution in [0.1, 0.15) is 49.6 Å². The van der Waals surface area contributed by atoms with Gasteiger partial charge in [0.2, 0.25) is 0 Å². The van der Waals surface area contributed by atoms with Crippen LogP contribution in [0.25, 0.3) is 10.9 Å². The van der Waals surface area contributed by atoms with Gasteiger partial charge < -0.3 is 4.42 Å². The van der Waals surface area contributed by atoms with Crippen molar-refractivity contribution in [1.29, 1.82) is 0 Å². The Morgan fingerprint density at radius 2 is 1.96 bits per heavy atom. The van der Waals surface area contributed by atoms with Crippen molar-refractivity contribution in [3.8, 4) is 0 Å². The molecule has 0 radical (unpaired) electrons. The Hall–Kier alpha value is -1.73. The Labute approximate surface area is 167 Å². The zero-order valence-corrected chi connectivity index (χ0v) is 17.2. The first-order chi connectivity index (χ1) is 12.6. The number of para-hydroxylation sites is 1. The summed E-state index contributed by atoms with van der Waals surface area (Å²) < 4.78 is 8.37. The molecule has 0 unspecified atom stereocenters. The molecule has 4 rings (SSSR count). The van der Waals surface area contributed by atoms with Gasteiger partial charge in [0.1, 0.15) is 11.6 Å². The van der Waals surface area contributed by atoms with Crippen LogP contribution in [0.5, 0.6) is 0 Å². The van der Waals surface area contributed by atoms with Crippen LogP contribution in [0, 0.1) is 0 Å². The van der Waals surface area contributed by atoms with Crippen molar-refractivity contribution in [1.82, 2.24) is 9.66 Å². The molecule has 134 valence electrons. The predicted octanol–water partition coefficient (Wildman–Crippen LogP) is 5.44. The molecule has 2 heterocycles. The monoisotopic (exact) mass is 477 g/mol. The average molecular weight is 479 g/mol. The maximum absolute atomic E-state index is 13.0. The highest BCUT2D eigenvalue weighted by Crippen LogP contribution is 2.32. The summed E-state index contributed by atoms with van der Waals surface area (Å²) in [5, 5.41) is 5.01. The Kier molecular flexibility index (Phi) is 5.09. The summed E-state index contributed by atoms with van der Waals surface area (Å²) in [5.41, 5.74) is 0.588. The molecule has 0 amide bonds. The molecule has 0 aliphatic heterocycles. The molecule has 0 atom stereocenters. The van der Waals surface area contributed by atoms with Crippen molar-refractivity contribution in [2.24, 2.45) is 5.10 Å². The fraction of sp³-hybridized carbons (Fsp3) is 0.316. The van der Waals surface area contributed by atoms with Crippen LogP contribution in [0.2, 0.25) is 0 Å². The van der Waals surface area contributed by atoms with E-state index in [9.17, 15) is 4.79 Å². The Bertz CT molecular complexity index is 1010. The highest BCUT2D eigenvalue weighted by molar-refractivity contribution is 9.13. The van der Waals surface area contributed by atoms with Gasteiger partial charge in [0.15, 0.2) is 4.67 Å². The number of hydrogen-bond donors (Lipinski definition) is 0. The zero-order chi connectivity index (χ0) is 18.1. The number of nitrogens with zero attached hydrogens (tertiary/aromatic N) is 3. The smallest absolute Gasteiger partial charge is 0.282 e. The second-order valence-electron chi connectivity index (χ2n) is 6.45. The molecule has 0 saturated heterocycles. The largest absolute Gasteiger partial charge is 0.447 e. The number of rotatable bonds is 3. The van der Waals surface area contributed by atoms with Crippen molar-refractivity contribution in [3.05, 3.63) is 61.4 Å². The Morgan fingerprint density at radius 3 is 2.69 bits per heavy atom. The number of furan rings is 1. The molecule has 7 heteroatoms. The minimum atomic E-state index is -0.142. The van der Waals surface area contributed by atoms with Crippen LogP contribution < -0.4 is 5.56 Å². The van der Waals surface area contributed by atoms with Crippen molar-refractivity contribution in [2.45, 2.75) is 38.0 Å². The van der Waals surface area contributed by atoms with E-state index in [2.05, 4.69) is 37.0 Å². The van der Waals surface area contributed by atoms with Gasteiger partial charge >= 0.3 is 0 Å². The van der Waals surface area contributed by atoms with Crippen LogP contribution >= 0.6 is 31.9 Å². The lowest BCUT2D eigenvalue weighted by Crippen LogP contribution is -2.25. The van der Waals surface area contributed by atoms with Crippen LogP contribution in [0.15, 0.2) is 53.8 Å². The van der Waals surface area contributed by atoms with Crippen LogP contribution in [-0.4, -0.2) is 15.9 Å². The molecule has 3 aromatic rings. The van der Waals surface area contributed by atoms with Gasteiger partial charge in [-0.25, -0.2) is 4.98 Å². The summed E-state index contributed by atoms with van der Waals surface area (Å²) in [6.45, 7) is 0. The second kappa shape index (κ2) is 7.48. The van der Waals surface area contributed by atoms with Gasteiger partial charge in [-0.2, -0.15) is 9.78 Å². The number of hydrogen-bond acceptors (Lipinski definition) is 4. The van der Waals surface area contributed by atoms with Gasteiger partial charge in [-0.1, -0.05) is 31.4 Å². The lowest BCUT2D eigenvalue weighted by molar-refractivity contribution is 0.416. The third kappa shape index (κ3) is 3.42. The van der Waals surface area contributed by atoms with Crippen LogP contribution in [0.3, 0.4) is 0 Å². The third-order valence-corrected chi connectivity index (χ3v) is 6.42. The van der Waals surface area contributed by atoms with E-state index in [-0.39, 0.29) is 11.5 Å². The maximum atomic E-state index is 13.0. The summed E-state index contributed by atoms with van der Waals surface area (Å²) in [6, 6.07) is 9.23. The molecule has 1 aromatic carbocycles. The highest BCUT2D eigenvalue weighted by Gasteiger charge is 2.22. The van der Waals surface area contributed by atoms with Gasteiger partial charge in [0.05, 0.1) is 21.6 Å². The first-order valence-corrected chi connectivity index (χ1v) is 10.2. The van der Waals surface area contributed by atoms with Crippen molar-refractivity contribution in [3.63, 3.8) is 0 Å². The van der Waals surface area contributed by atoms with Crippen molar-refractivity contribution in [2.75, 3.05) is 0 Å². The molecule has 0 bridgehead atoms. The third-order valence-electron chi connectivity index (χ3n) is 4.71. The van der Waals surface area contributed by atoms with Crippen molar-refractivity contribution < 1.29 is 4.42 Å². The summed E-state index contributed by atoms with van der Waals surface area (Å²) >= 11 is 6.69. The van der Waals surface area contributed by atoms with Gasteiger partial charge in [0.25, 0.3) is 5.56 Å². The van der Waals surface area contributed by atoms with Crippen LogP contribution in [-0.2, 0) is 0 Å². The lowest BCUT2D eigenvalue weighted by atomic mass is 9.88. The Balaban J connectivity index is 1.84. The number of halogens is 2. The first-order valence-electron chi connectivity index (χ1n) is 8.64. The summed E-state index contributed by atoms with van der Waals surface area (Å²) in [5.74, 6) is 1.56. The fourth-order valence-corrected chi connectivity index (χ4v) is 4.03. The molecule has 2 aromatic heterocycles. The quantitative estimate of drug-likeness (QED) is 0.470. The predicted molar refractivity (Wildman–Crippen MR) is 109 cm³/mol. The van der Waals surface area contributed by atoms with E-state index in [4.69, 9.17) is 9.40 Å². The van der Waals surface area contributed by atoms with Gasteiger partial charge in [-0.3, -0.25) is 4.79 Å². The van der Waals surface area contributed by atoms with Crippen LogP contribution in [0.4, 0.5) is 0 Å². The minimum Gasteiger partial charge on any atom is -0.447 e. The highest BCUT2D eigenvalue weighted by atomic mass is 79.9. The Morgan fingerprint density at radius 1 is 1.19 bits per heavy atom. The van der Waals surface area contributed by atoms with E-state index < -0.39 is 0 Å². The van der Waals surface area contributed by atoms with E-state index in [0.29, 0.717) is 15.8 Å². The summed E-state index contributed by atoms with van der Waals surface area (Å²) in [4.78, 5) is 17.8. The molecule has 1 aliphatic carbocycles. The normalized spacial score (nSPS) is 15.9. The molecule has 0 spiro atoms. The molecular weight excluding hydrogens is 462 g/mol. The van der Waals surface area contributed by atoms with E-state index in [0.717, 1.165) is 41.5 Å². The first kappa shape index (κ1) is 17.7. The van der Waals surface area contributed by atoms with Gasteiger partial charge in [-0.05, 0) is 56.8 Å². The average Bonchev–Trinajstić information content (AvgIpc) is 2.99. The standard InChI is InChI=1S/C19H17Br2N3O2/c20-15-10-13(26-17(15)21)11-22-24-18(12-6-2-1-3-7-12)23-16-9-5-4-8-14(16)19(24)25/h4-5,8-12H,1-3,6-7H2. The van der Waals surface area contributed by atoms with E-state index in [1.807, 2.05) is 18.2 Å².